The topological polar surface area (TPSA) is 59.6 Å². The van der Waals surface area contributed by atoms with Crippen molar-refractivity contribution in [1.29, 1.82) is 0 Å². The third kappa shape index (κ3) is 4.44. The molecule has 0 radical (unpaired) electrons. The predicted molar refractivity (Wildman–Crippen MR) is 115 cm³/mol. The summed E-state index contributed by atoms with van der Waals surface area (Å²) in [5.41, 5.74) is 4.19. The zero-order chi connectivity index (χ0) is 20.5. The van der Waals surface area contributed by atoms with Gasteiger partial charge in [-0.05, 0) is 69.2 Å². The number of thiocarbonyl (C=S) groups is 1. The lowest BCUT2D eigenvalue weighted by Gasteiger charge is -2.38. The smallest absolute Gasteiger partial charge is 0.337 e. The zero-order valence-corrected chi connectivity index (χ0v) is 17.7. The van der Waals surface area contributed by atoms with Gasteiger partial charge in [0, 0.05) is 17.7 Å². The molecule has 1 aliphatic heterocycles. The molecule has 1 atom stereocenters. The van der Waals surface area contributed by atoms with E-state index in [-0.39, 0.29) is 17.6 Å². The summed E-state index contributed by atoms with van der Waals surface area (Å²) >= 11 is 5.56. The predicted octanol–water partition coefficient (Wildman–Crippen LogP) is 4.68. The lowest BCUT2D eigenvalue weighted by atomic mass is 9.89. The maximum atomic E-state index is 11.8. The van der Waals surface area contributed by atoms with Crippen molar-refractivity contribution in [2.45, 2.75) is 45.8 Å². The van der Waals surface area contributed by atoms with Crippen LogP contribution in [0, 0.1) is 13.8 Å². The highest BCUT2D eigenvalue weighted by Gasteiger charge is 2.34. The normalized spacial score (nSPS) is 17.1. The van der Waals surface area contributed by atoms with E-state index in [9.17, 15) is 4.79 Å². The molecule has 6 heteroatoms. The molecule has 0 saturated carbocycles. The van der Waals surface area contributed by atoms with Crippen LogP contribution in [-0.4, -0.2) is 23.8 Å². The van der Waals surface area contributed by atoms with Crippen LogP contribution in [0.25, 0.3) is 0 Å². The number of aryl methyl sites for hydroxylation is 2. The molecule has 0 aromatic heterocycles. The summed E-state index contributed by atoms with van der Waals surface area (Å²) in [6, 6.07) is 11.6. The van der Waals surface area contributed by atoms with Gasteiger partial charge < -0.3 is 20.1 Å². The van der Waals surface area contributed by atoms with E-state index >= 15 is 0 Å². The highest BCUT2D eigenvalue weighted by molar-refractivity contribution is 7.80. The van der Waals surface area contributed by atoms with Crippen LogP contribution >= 0.6 is 12.2 Å². The van der Waals surface area contributed by atoms with E-state index in [0.717, 1.165) is 34.5 Å². The number of benzene rings is 2. The monoisotopic (exact) mass is 398 g/mol. The third-order valence-corrected chi connectivity index (χ3v) is 5.06. The molecule has 1 heterocycles. The number of methoxy groups -OCH3 is 1. The van der Waals surface area contributed by atoms with Gasteiger partial charge in [0.05, 0.1) is 18.7 Å². The Bertz CT molecular complexity index is 924. The second-order valence-electron chi connectivity index (χ2n) is 7.78. The fourth-order valence-electron chi connectivity index (χ4n) is 3.41. The van der Waals surface area contributed by atoms with Crippen molar-refractivity contribution >= 4 is 29.0 Å². The molecule has 28 heavy (non-hydrogen) atoms. The van der Waals surface area contributed by atoms with Gasteiger partial charge in [0.1, 0.15) is 11.4 Å². The van der Waals surface area contributed by atoms with Gasteiger partial charge in [0.25, 0.3) is 0 Å². The van der Waals surface area contributed by atoms with Crippen LogP contribution in [0.1, 0.15) is 53.4 Å². The third-order valence-electron chi connectivity index (χ3n) is 4.84. The first-order valence-corrected chi connectivity index (χ1v) is 9.65. The fraction of sp³-hybridized carbons (Fsp3) is 0.364. The van der Waals surface area contributed by atoms with Crippen molar-refractivity contribution in [2.75, 3.05) is 12.4 Å². The van der Waals surface area contributed by atoms with Gasteiger partial charge >= 0.3 is 5.97 Å². The quantitative estimate of drug-likeness (QED) is 0.578. The maximum Gasteiger partial charge on any atom is 0.337 e. The minimum Gasteiger partial charge on any atom is -0.487 e. The van der Waals surface area contributed by atoms with E-state index in [0.29, 0.717) is 10.7 Å². The number of carbonyl (C=O) groups is 1. The van der Waals surface area contributed by atoms with Gasteiger partial charge in [-0.15, -0.1) is 0 Å². The summed E-state index contributed by atoms with van der Waals surface area (Å²) in [7, 11) is 1.37. The van der Waals surface area contributed by atoms with Crippen molar-refractivity contribution in [2.24, 2.45) is 0 Å². The molecule has 1 aliphatic rings. The molecule has 2 N–H and O–H groups in total. The summed E-state index contributed by atoms with van der Waals surface area (Å²) in [6.45, 7) is 8.17. The molecular weight excluding hydrogens is 372 g/mol. The highest BCUT2D eigenvalue weighted by Crippen LogP contribution is 2.39. The Morgan fingerprint density at radius 1 is 1.21 bits per heavy atom. The van der Waals surface area contributed by atoms with E-state index in [1.165, 1.54) is 7.11 Å². The Hall–Kier alpha value is -2.60. The zero-order valence-electron chi connectivity index (χ0n) is 16.9. The summed E-state index contributed by atoms with van der Waals surface area (Å²) in [4.78, 5) is 11.8. The Kier molecular flexibility index (Phi) is 5.61. The van der Waals surface area contributed by atoms with E-state index in [1.54, 1.807) is 12.1 Å². The Balaban J connectivity index is 1.79. The molecule has 3 rings (SSSR count). The van der Waals surface area contributed by atoms with Gasteiger partial charge in [0.15, 0.2) is 5.11 Å². The molecule has 0 spiro atoms. The van der Waals surface area contributed by atoms with E-state index in [4.69, 9.17) is 21.7 Å². The number of nitrogens with one attached hydrogen (secondary N) is 2. The summed E-state index contributed by atoms with van der Waals surface area (Å²) < 4.78 is 10.9. The Morgan fingerprint density at radius 3 is 2.68 bits per heavy atom. The molecular formula is C22H26N2O3S. The number of anilines is 1. The van der Waals surface area contributed by atoms with Gasteiger partial charge in [-0.2, -0.15) is 0 Å². The number of hydrogen-bond donors (Lipinski definition) is 2. The second-order valence-corrected chi connectivity index (χ2v) is 8.19. The molecule has 2 aromatic rings. The Labute approximate surface area is 171 Å². The molecule has 2 aromatic carbocycles. The van der Waals surface area contributed by atoms with Crippen LogP contribution in [0.15, 0.2) is 36.4 Å². The van der Waals surface area contributed by atoms with E-state index in [1.807, 2.05) is 13.0 Å². The van der Waals surface area contributed by atoms with Crippen molar-refractivity contribution in [3.63, 3.8) is 0 Å². The first-order chi connectivity index (χ1) is 13.2. The van der Waals surface area contributed by atoms with Crippen molar-refractivity contribution in [3.05, 3.63) is 58.7 Å². The maximum absolute atomic E-state index is 11.8. The summed E-state index contributed by atoms with van der Waals surface area (Å²) in [6.07, 6.45) is 0.784. The second kappa shape index (κ2) is 7.80. The number of fused-ring (bicyclic) bond motifs is 1. The van der Waals surface area contributed by atoms with Crippen molar-refractivity contribution < 1.29 is 14.3 Å². The van der Waals surface area contributed by atoms with Crippen LogP contribution in [0.4, 0.5) is 5.69 Å². The summed E-state index contributed by atoms with van der Waals surface area (Å²) in [5, 5.41) is 7.13. The minimum atomic E-state index is -0.377. The van der Waals surface area contributed by atoms with Crippen molar-refractivity contribution in [3.8, 4) is 5.75 Å². The number of esters is 1. The van der Waals surface area contributed by atoms with Gasteiger partial charge in [-0.1, -0.05) is 18.2 Å². The fourth-order valence-corrected chi connectivity index (χ4v) is 3.66. The molecule has 0 amide bonds. The summed E-state index contributed by atoms with van der Waals surface area (Å²) in [5.74, 6) is 0.512. The van der Waals surface area contributed by atoms with Crippen molar-refractivity contribution in [1.82, 2.24) is 5.32 Å². The Morgan fingerprint density at radius 2 is 1.96 bits per heavy atom. The number of rotatable bonds is 3. The van der Waals surface area contributed by atoms with Crippen LogP contribution < -0.4 is 15.4 Å². The van der Waals surface area contributed by atoms with Gasteiger partial charge in [-0.25, -0.2) is 4.79 Å². The first kappa shape index (κ1) is 20.1. The standard InChI is InChI=1S/C22H26N2O3S/c1-13-6-9-16-18(12-22(3,4)27-19(16)10-13)24-21(28)23-17-11-15(20(25)26-5)8-7-14(17)2/h6-11,18H,12H2,1-5H3,(H2,23,24,28)/t18-/m1/s1. The van der Waals surface area contributed by atoms with Crippen LogP contribution in [0.3, 0.4) is 0 Å². The SMILES string of the molecule is COC(=O)c1ccc(C)c(NC(=S)N[C@@H]2CC(C)(C)Oc3cc(C)ccc32)c1. The largest absolute Gasteiger partial charge is 0.487 e. The number of carbonyl (C=O) groups excluding carboxylic acids is 1. The molecule has 148 valence electrons. The minimum absolute atomic E-state index is 0.0310. The van der Waals surface area contributed by atoms with Gasteiger partial charge in [0.2, 0.25) is 0 Å². The highest BCUT2D eigenvalue weighted by atomic mass is 32.1. The molecule has 0 fully saturated rings. The van der Waals surface area contributed by atoms with Crippen LogP contribution in [0.5, 0.6) is 5.75 Å². The average molecular weight is 399 g/mol. The lowest BCUT2D eigenvalue weighted by Crippen LogP contribution is -2.42. The molecule has 0 saturated heterocycles. The molecule has 0 bridgehead atoms. The first-order valence-electron chi connectivity index (χ1n) is 9.24. The van der Waals surface area contributed by atoms with E-state index in [2.05, 4.69) is 49.6 Å². The van der Waals surface area contributed by atoms with Crippen LogP contribution in [-0.2, 0) is 4.74 Å². The average Bonchev–Trinajstić information content (AvgIpc) is 2.61. The van der Waals surface area contributed by atoms with Gasteiger partial charge in [-0.3, -0.25) is 0 Å². The van der Waals surface area contributed by atoms with E-state index < -0.39 is 0 Å². The molecule has 0 unspecified atom stereocenters. The molecule has 5 nitrogen and oxygen atoms in total. The number of ether oxygens (including phenoxy) is 2. The molecule has 0 aliphatic carbocycles. The van der Waals surface area contributed by atoms with Crippen LogP contribution in [0.2, 0.25) is 0 Å². The lowest BCUT2D eigenvalue weighted by molar-refractivity contribution is 0.0600. The number of hydrogen-bond acceptors (Lipinski definition) is 4.